The van der Waals surface area contributed by atoms with Gasteiger partial charge < -0.3 is 14.7 Å². The number of fused-ring (bicyclic) bond motifs is 1. The maximum Gasteiger partial charge on any atom is 0.277 e. The minimum atomic E-state index is -0.844. The SMILES string of the molecule is O=C[C@H](Cc1ccccc1)NC(=O)c1cc2nc(-c3ccccc3F)n(C3CCCCC3)c2c(=O)n1Cc1ccc(F)cc1. The third kappa shape index (κ3) is 5.95. The fraction of sp³-hybridized carbons (Fsp3) is 0.257. The van der Waals surface area contributed by atoms with Gasteiger partial charge in [0.15, 0.2) is 0 Å². The Hall–Kier alpha value is -4.92. The van der Waals surface area contributed by atoms with Crippen LogP contribution >= 0.6 is 0 Å². The third-order valence-electron chi connectivity index (χ3n) is 8.27. The van der Waals surface area contributed by atoms with Crippen LogP contribution in [0.1, 0.15) is 59.8 Å². The zero-order valence-electron chi connectivity index (χ0n) is 24.1. The number of pyridine rings is 1. The standard InChI is InChI=1S/C35H32F2N4O3/c36-25-17-15-24(16-18-25)21-40-31(34(43)38-26(22-42)19-23-9-3-1-4-10-23)20-30-32(35(40)44)41(27-11-5-2-6-12-27)33(39-30)28-13-7-8-14-29(28)37/h1,3-4,7-10,13-18,20,22,26-27H,2,5-6,11-12,19,21H2,(H,38,43)/t26-/m0/s1. The average molecular weight is 595 g/mol. The van der Waals surface area contributed by atoms with E-state index in [-0.39, 0.29) is 41.3 Å². The number of aldehydes is 1. The van der Waals surface area contributed by atoms with Gasteiger partial charge in [-0.15, -0.1) is 0 Å². The van der Waals surface area contributed by atoms with E-state index >= 15 is 4.39 Å². The van der Waals surface area contributed by atoms with E-state index in [1.165, 1.54) is 28.8 Å². The van der Waals surface area contributed by atoms with Gasteiger partial charge in [0.1, 0.15) is 35.0 Å². The first-order chi connectivity index (χ1) is 21.4. The monoisotopic (exact) mass is 594 g/mol. The summed E-state index contributed by atoms with van der Waals surface area (Å²) in [6, 6.07) is 21.9. The van der Waals surface area contributed by atoms with Crippen molar-refractivity contribution in [1.82, 2.24) is 19.4 Å². The molecule has 6 rings (SSSR count). The number of carbonyl (C=O) groups is 2. The first-order valence-corrected chi connectivity index (χ1v) is 14.9. The lowest BCUT2D eigenvalue weighted by Gasteiger charge is -2.26. The Morgan fingerprint density at radius 2 is 1.64 bits per heavy atom. The number of nitrogens with one attached hydrogen (secondary N) is 1. The maximum atomic E-state index is 15.2. The molecule has 0 spiro atoms. The van der Waals surface area contributed by atoms with Crippen molar-refractivity contribution in [2.75, 3.05) is 0 Å². The summed E-state index contributed by atoms with van der Waals surface area (Å²) >= 11 is 0. The van der Waals surface area contributed by atoms with Gasteiger partial charge in [-0.05, 0) is 60.7 Å². The molecule has 224 valence electrons. The van der Waals surface area contributed by atoms with Crippen LogP contribution in [0.4, 0.5) is 8.78 Å². The first kappa shape index (κ1) is 29.2. The summed E-state index contributed by atoms with van der Waals surface area (Å²) < 4.78 is 32.1. The molecular weight excluding hydrogens is 562 g/mol. The van der Waals surface area contributed by atoms with Gasteiger partial charge in [0, 0.05) is 6.04 Å². The van der Waals surface area contributed by atoms with Crippen LogP contribution in [0.3, 0.4) is 0 Å². The Morgan fingerprint density at radius 3 is 2.34 bits per heavy atom. The lowest BCUT2D eigenvalue weighted by atomic mass is 9.95. The Kier molecular flexibility index (Phi) is 8.45. The molecule has 0 radical (unpaired) electrons. The molecule has 1 fully saturated rings. The van der Waals surface area contributed by atoms with Crippen LogP contribution in [0.25, 0.3) is 22.4 Å². The average Bonchev–Trinajstić information content (AvgIpc) is 3.43. The van der Waals surface area contributed by atoms with Gasteiger partial charge in [-0.2, -0.15) is 0 Å². The molecule has 7 nitrogen and oxygen atoms in total. The minimum Gasteiger partial charge on any atom is -0.341 e. The number of hydrogen-bond acceptors (Lipinski definition) is 4. The molecule has 5 aromatic rings. The molecule has 0 aliphatic heterocycles. The second-order valence-electron chi connectivity index (χ2n) is 11.3. The Labute approximate surface area is 253 Å². The molecule has 1 amide bonds. The summed E-state index contributed by atoms with van der Waals surface area (Å²) in [5, 5.41) is 2.76. The fourth-order valence-electron chi connectivity index (χ4n) is 6.10. The topological polar surface area (TPSA) is 86.0 Å². The lowest BCUT2D eigenvalue weighted by molar-refractivity contribution is -0.109. The minimum absolute atomic E-state index is 0.000106. The largest absolute Gasteiger partial charge is 0.341 e. The smallest absolute Gasteiger partial charge is 0.277 e. The highest BCUT2D eigenvalue weighted by atomic mass is 19.1. The lowest BCUT2D eigenvalue weighted by Crippen LogP contribution is -2.40. The van der Waals surface area contributed by atoms with Crippen molar-refractivity contribution in [3.8, 4) is 11.4 Å². The third-order valence-corrected chi connectivity index (χ3v) is 8.27. The van der Waals surface area contributed by atoms with Crippen LogP contribution in [0.5, 0.6) is 0 Å². The number of carbonyl (C=O) groups excluding carboxylic acids is 2. The van der Waals surface area contributed by atoms with Crippen LogP contribution in [0, 0.1) is 11.6 Å². The molecule has 1 N–H and O–H groups in total. The van der Waals surface area contributed by atoms with Gasteiger partial charge in [-0.25, -0.2) is 13.8 Å². The van der Waals surface area contributed by atoms with Gasteiger partial charge in [0.05, 0.1) is 23.7 Å². The van der Waals surface area contributed by atoms with E-state index in [4.69, 9.17) is 4.98 Å². The van der Waals surface area contributed by atoms with Crippen molar-refractivity contribution in [3.63, 3.8) is 0 Å². The molecule has 1 aliphatic carbocycles. The number of aromatic nitrogens is 3. The normalized spacial score (nSPS) is 14.4. The summed E-state index contributed by atoms with van der Waals surface area (Å²) in [7, 11) is 0. The van der Waals surface area contributed by atoms with Gasteiger partial charge in [0.25, 0.3) is 11.5 Å². The second kappa shape index (κ2) is 12.8. The quantitative estimate of drug-likeness (QED) is 0.205. The van der Waals surface area contributed by atoms with Crippen molar-refractivity contribution in [3.05, 3.63) is 124 Å². The van der Waals surface area contributed by atoms with Crippen LogP contribution in [0.15, 0.2) is 89.7 Å². The zero-order chi connectivity index (χ0) is 30.6. The highest BCUT2D eigenvalue weighted by Gasteiger charge is 2.28. The van der Waals surface area contributed by atoms with Gasteiger partial charge in [-0.1, -0.05) is 73.9 Å². The molecule has 2 aromatic heterocycles. The molecule has 3 aromatic carbocycles. The molecule has 0 unspecified atom stereocenters. The number of benzene rings is 3. The van der Waals surface area contributed by atoms with Gasteiger partial charge >= 0.3 is 0 Å². The van der Waals surface area contributed by atoms with E-state index in [0.29, 0.717) is 17.7 Å². The maximum absolute atomic E-state index is 15.2. The Balaban J connectivity index is 1.51. The number of imidazole rings is 1. The predicted molar refractivity (Wildman–Crippen MR) is 164 cm³/mol. The van der Waals surface area contributed by atoms with Crippen molar-refractivity contribution in [2.24, 2.45) is 0 Å². The van der Waals surface area contributed by atoms with E-state index in [1.807, 2.05) is 34.9 Å². The van der Waals surface area contributed by atoms with Gasteiger partial charge in [-0.3, -0.25) is 14.2 Å². The van der Waals surface area contributed by atoms with Crippen molar-refractivity contribution in [2.45, 2.75) is 57.2 Å². The van der Waals surface area contributed by atoms with Gasteiger partial charge in [0.2, 0.25) is 0 Å². The molecule has 0 bridgehead atoms. The van der Waals surface area contributed by atoms with Crippen LogP contribution in [-0.4, -0.2) is 32.4 Å². The highest BCUT2D eigenvalue weighted by Crippen LogP contribution is 2.36. The molecule has 2 heterocycles. The molecule has 9 heteroatoms. The first-order valence-electron chi connectivity index (χ1n) is 14.9. The predicted octanol–water partition coefficient (Wildman–Crippen LogP) is 6.24. The number of halogens is 2. The van der Waals surface area contributed by atoms with Crippen molar-refractivity contribution >= 4 is 23.2 Å². The van der Waals surface area contributed by atoms with E-state index < -0.39 is 29.1 Å². The van der Waals surface area contributed by atoms with Crippen LogP contribution in [-0.2, 0) is 17.8 Å². The Morgan fingerprint density at radius 1 is 0.932 bits per heavy atom. The number of nitrogens with zero attached hydrogens (tertiary/aromatic N) is 3. The molecule has 44 heavy (non-hydrogen) atoms. The summed E-state index contributed by atoms with van der Waals surface area (Å²) in [6.07, 6.45) is 5.59. The fourth-order valence-corrected chi connectivity index (χ4v) is 6.10. The summed E-state index contributed by atoms with van der Waals surface area (Å²) in [5.74, 6) is -1.17. The summed E-state index contributed by atoms with van der Waals surface area (Å²) in [4.78, 5) is 45.0. The van der Waals surface area contributed by atoms with E-state index in [0.717, 1.165) is 37.7 Å². The molecule has 1 saturated carbocycles. The van der Waals surface area contributed by atoms with Crippen LogP contribution < -0.4 is 10.9 Å². The molecule has 1 aliphatic rings. The molecular formula is C35H32F2N4O3. The van der Waals surface area contributed by atoms with Crippen molar-refractivity contribution < 1.29 is 18.4 Å². The van der Waals surface area contributed by atoms with E-state index in [1.54, 1.807) is 30.3 Å². The highest BCUT2D eigenvalue weighted by molar-refractivity contribution is 5.97. The number of amides is 1. The zero-order valence-corrected chi connectivity index (χ0v) is 24.1. The number of hydrogen-bond donors (Lipinski definition) is 1. The summed E-state index contributed by atoms with van der Waals surface area (Å²) in [5.41, 5.74) is 1.83. The van der Waals surface area contributed by atoms with E-state index in [2.05, 4.69) is 5.32 Å². The number of rotatable bonds is 9. The molecule has 0 saturated heterocycles. The molecule has 1 atom stereocenters. The van der Waals surface area contributed by atoms with Crippen molar-refractivity contribution in [1.29, 1.82) is 0 Å². The Bertz CT molecular complexity index is 1860. The summed E-state index contributed by atoms with van der Waals surface area (Å²) in [6.45, 7) is -0.0207. The van der Waals surface area contributed by atoms with E-state index in [9.17, 15) is 18.8 Å². The second-order valence-corrected chi connectivity index (χ2v) is 11.3. The van der Waals surface area contributed by atoms with Crippen LogP contribution in [0.2, 0.25) is 0 Å².